The first kappa shape index (κ1) is 18.0. The van der Waals surface area contributed by atoms with Gasteiger partial charge in [0.1, 0.15) is 5.82 Å². The number of hydrogen-bond donors (Lipinski definition) is 1. The molecule has 0 saturated carbocycles. The Labute approximate surface area is 158 Å². The summed E-state index contributed by atoms with van der Waals surface area (Å²) < 4.78 is 2.68. The third-order valence-corrected chi connectivity index (χ3v) is 5.69. The first-order chi connectivity index (χ1) is 12.2. The van der Waals surface area contributed by atoms with E-state index < -0.39 is 0 Å². The van der Waals surface area contributed by atoms with Gasteiger partial charge in [-0.05, 0) is 47.8 Å². The molecule has 3 nitrogen and oxygen atoms in total. The van der Waals surface area contributed by atoms with Crippen LogP contribution in [0.5, 0.6) is 0 Å². The fourth-order valence-electron chi connectivity index (χ4n) is 2.71. The molecule has 25 heavy (non-hydrogen) atoms. The molecule has 130 valence electrons. The molecule has 0 spiro atoms. The molecule has 0 fully saturated rings. The molecule has 0 radical (unpaired) electrons. The van der Waals surface area contributed by atoms with E-state index in [0.29, 0.717) is 10.7 Å². The average Bonchev–Trinajstić information content (AvgIpc) is 3.02. The number of H-pyrrole nitrogens is 1. The number of aromatic nitrogens is 3. The maximum Gasteiger partial charge on any atom is 0.199 e. The van der Waals surface area contributed by atoms with Crippen molar-refractivity contribution in [3.8, 4) is 5.69 Å². The second-order valence-corrected chi connectivity index (χ2v) is 7.53. The Morgan fingerprint density at radius 2 is 1.80 bits per heavy atom. The lowest BCUT2D eigenvalue weighted by molar-refractivity contribution is 0.733. The Balaban J connectivity index is 1.74. The minimum Gasteiger partial charge on any atom is -0.271 e. The third kappa shape index (κ3) is 4.41. The zero-order valence-electron chi connectivity index (χ0n) is 14.6. The van der Waals surface area contributed by atoms with Gasteiger partial charge in [-0.25, -0.2) is 0 Å². The van der Waals surface area contributed by atoms with Crippen LogP contribution in [0.4, 0.5) is 0 Å². The SMILES string of the molecule is CC[C@@H](C)c1ccc(-n2c(CSCc3ccccc3)n[nH]c2=S)cc1. The second kappa shape index (κ2) is 8.50. The van der Waals surface area contributed by atoms with Crippen LogP contribution in [0, 0.1) is 4.77 Å². The van der Waals surface area contributed by atoms with Gasteiger partial charge in [0.05, 0.1) is 5.75 Å². The summed E-state index contributed by atoms with van der Waals surface area (Å²) in [5, 5.41) is 7.36. The average molecular weight is 370 g/mol. The molecule has 0 bridgehead atoms. The minimum atomic E-state index is 0.576. The predicted molar refractivity (Wildman–Crippen MR) is 109 cm³/mol. The molecule has 2 aromatic carbocycles. The zero-order valence-corrected chi connectivity index (χ0v) is 16.2. The first-order valence-corrected chi connectivity index (χ1v) is 10.1. The molecule has 3 rings (SSSR count). The Hall–Kier alpha value is -1.85. The number of benzene rings is 2. The van der Waals surface area contributed by atoms with E-state index in [1.807, 2.05) is 22.4 Å². The van der Waals surface area contributed by atoms with E-state index in [0.717, 1.165) is 29.4 Å². The normalized spacial score (nSPS) is 12.2. The van der Waals surface area contributed by atoms with Crippen molar-refractivity contribution in [1.82, 2.24) is 14.8 Å². The Morgan fingerprint density at radius 1 is 1.08 bits per heavy atom. The number of thioether (sulfide) groups is 1. The smallest absolute Gasteiger partial charge is 0.199 e. The summed E-state index contributed by atoms with van der Waals surface area (Å²) >= 11 is 7.29. The molecular formula is C20H23N3S2. The zero-order chi connectivity index (χ0) is 17.6. The lowest BCUT2D eigenvalue weighted by atomic mass is 9.99. The van der Waals surface area contributed by atoms with Gasteiger partial charge in [-0.2, -0.15) is 5.10 Å². The molecule has 0 aliphatic rings. The Kier molecular flexibility index (Phi) is 6.10. The highest BCUT2D eigenvalue weighted by Crippen LogP contribution is 2.23. The van der Waals surface area contributed by atoms with Crippen molar-refractivity contribution in [2.75, 3.05) is 0 Å². The monoisotopic (exact) mass is 369 g/mol. The van der Waals surface area contributed by atoms with Crippen LogP contribution in [0.15, 0.2) is 54.6 Å². The van der Waals surface area contributed by atoms with Crippen molar-refractivity contribution in [3.63, 3.8) is 0 Å². The molecule has 1 aromatic heterocycles. The van der Waals surface area contributed by atoms with Gasteiger partial charge in [-0.1, -0.05) is 56.3 Å². The summed E-state index contributed by atoms with van der Waals surface area (Å²) in [4.78, 5) is 0. The van der Waals surface area contributed by atoms with Crippen molar-refractivity contribution < 1.29 is 0 Å². The minimum absolute atomic E-state index is 0.576. The standard InChI is InChI=1S/C20H23N3S2/c1-3-15(2)17-9-11-18(12-10-17)23-19(21-22-20(23)24)14-25-13-16-7-5-4-6-8-16/h4-12,15H,3,13-14H2,1-2H3,(H,22,24)/t15-/m1/s1. The maximum atomic E-state index is 5.44. The third-order valence-electron chi connectivity index (χ3n) is 4.42. The van der Waals surface area contributed by atoms with E-state index in [2.05, 4.69) is 72.6 Å². The number of nitrogens with zero attached hydrogens (tertiary/aromatic N) is 2. The van der Waals surface area contributed by atoms with Crippen molar-refractivity contribution >= 4 is 24.0 Å². The lowest BCUT2D eigenvalue weighted by Crippen LogP contribution is -2.01. The fourth-order valence-corrected chi connectivity index (χ4v) is 3.88. The van der Waals surface area contributed by atoms with E-state index in [-0.39, 0.29) is 0 Å². The van der Waals surface area contributed by atoms with E-state index in [1.165, 1.54) is 11.1 Å². The maximum absolute atomic E-state index is 5.44. The van der Waals surface area contributed by atoms with E-state index in [9.17, 15) is 0 Å². The highest BCUT2D eigenvalue weighted by molar-refractivity contribution is 7.97. The van der Waals surface area contributed by atoms with Gasteiger partial charge in [0.15, 0.2) is 4.77 Å². The number of aromatic amines is 1. The van der Waals surface area contributed by atoms with Gasteiger partial charge >= 0.3 is 0 Å². The number of nitrogens with one attached hydrogen (secondary N) is 1. The summed E-state index contributed by atoms with van der Waals surface area (Å²) in [5.41, 5.74) is 3.76. The fraction of sp³-hybridized carbons (Fsp3) is 0.300. The van der Waals surface area contributed by atoms with Gasteiger partial charge in [-0.15, -0.1) is 11.8 Å². The molecule has 0 aliphatic carbocycles. The van der Waals surface area contributed by atoms with Crippen LogP contribution in [0.2, 0.25) is 0 Å². The lowest BCUT2D eigenvalue weighted by Gasteiger charge is -2.11. The Morgan fingerprint density at radius 3 is 2.48 bits per heavy atom. The van der Waals surface area contributed by atoms with Crippen LogP contribution in [0.3, 0.4) is 0 Å². The number of hydrogen-bond acceptors (Lipinski definition) is 3. The van der Waals surface area contributed by atoms with Crippen LogP contribution in [0.25, 0.3) is 5.69 Å². The van der Waals surface area contributed by atoms with Gasteiger partial charge in [0.25, 0.3) is 0 Å². The first-order valence-electron chi connectivity index (χ1n) is 8.57. The molecule has 0 aliphatic heterocycles. The van der Waals surface area contributed by atoms with Crippen LogP contribution in [-0.2, 0) is 11.5 Å². The summed E-state index contributed by atoms with van der Waals surface area (Å²) in [6, 6.07) is 19.2. The van der Waals surface area contributed by atoms with Crippen molar-refractivity contribution in [2.24, 2.45) is 0 Å². The molecule has 1 atom stereocenters. The van der Waals surface area contributed by atoms with Crippen molar-refractivity contribution in [2.45, 2.75) is 37.7 Å². The molecule has 5 heteroatoms. The van der Waals surface area contributed by atoms with Gasteiger partial charge in [-0.3, -0.25) is 9.67 Å². The molecule has 1 N–H and O–H groups in total. The van der Waals surface area contributed by atoms with Crippen LogP contribution in [-0.4, -0.2) is 14.8 Å². The molecule has 3 aromatic rings. The molecule has 1 heterocycles. The summed E-state index contributed by atoms with van der Waals surface area (Å²) in [6.45, 7) is 4.47. The number of rotatable bonds is 7. The van der Waals surface area contributed by atoms with Crippen LogP contribution in [0.1, 0.15) is 43.1 Å². The Bertz CT molecular complexity index is 851. The molecular weight excluding hydrogens is 346 g/mol. The van der Waals surface area contributed by atoms with Gasteiger partial charge in [0, 0.05) is 11.4 Å². The summed E-state index contributed by atoms with van der Waals surface area (Å²) in [5.74, 6) is 3.32. The van der Waals surface area contributed by atoms with Gasteiger partial charge < -0.3 is 0 Å². The molecule has 0 unspecified atom stereocenters. The highest BCUT2D eigenvalue weighted by atomic mass is 32.2. The predicted octanol–water partition coefficient (Wildman–Crippen LogP) is 5.88. The largest absolute Gasteiger partial charge is 0.271 e. The van der Waals surface area contributed by atoms with E-state index >= 15 is 0 Å². The molecule has 0 saturated heterocycles. The van der Waals surface area contributed by atoms with Crippen molar-refractivity contribution in [3.05, 3.63) is 76.3 Å². The van der Waals surface area contributed by atoms with Gasteiger partial charge in [0.2, 0.25) is 0 Å². The van der Waals surface area contributed by atoms with E-state index in [4.69, 9.17) is 12.2 Å². The van der Waals surface area contributed by atoms with E-state index in [1.54, 1.807) is 0 Å². The van der Waals surface area contributed by atoms with Crippen molar-refractivity contribution in [1.29, 1.82) is 0 Å². The summed E-state index contributed by atoms with van der Waals surface area (Å²) in [7, 11) is 0. The second-order valence-electron chi connectivity index (χ2n) is 6.16. The summed E-state index contributed by atoms with van der Waals surface area (Å²) in [6.07, 6.45) is 1.14. The molecule has 0 amide bonds. The van der Waals surface area contributed by atoms with Crippen LogP contribution >= 0.6 is 24.0 Å². The van der Waals surface area contributed by atoms with Crippen LogP contribution < -0.4 is 0 Å². The highest BCUT2D eigenvalue weighted by Gasteiger charge is 2.10. The quantitative estimate of drug-likeness (QED) is 0.528. The topological polar surface area (TPSA) is 33.6 Å².